The van der Waals surface area contributed by atoms with Gasteiger partial charge in [0.25, 0.3) is 0 Å². The number of para-hydroxylation sites is 1. The number of rotatable bonds is 9. The van der Waals surface area contributed by atoms with Crippen molar-refractivity contribution in [3.8, 4) is 5.75 Å². The van der Waals surface area contributed by atoms with Crippen LogP contribution in [0, 0.1) is 5.92 Å². The molecular weight excluding hydrogens is 324 g/mol. The van der Waals surface area contributed by atoms with Gasteiger partial charge < -0.3 is 15.4 Å². The molecule has 0 saturated carbocycles. The first-order valence-corrected chi connectivity index (χ1v) is 9.31. The zero-order chi connectivity index (χ0) is 18.9. The minimum absolute atomic E-state index is 0.0599. The number of amides is 1. The lowest BCUT2D eigenvalue weighted by molar-refractivity contribution is -0.114. The van der Waals surface area contributed by atoms with Gasteiger partial charge in [0, 0.05) is 11.4 Å². The largest absolute Gasteiger partial charge is 0.494 e. The summed E-state index contributed by atoms with van der Waals surface area (Å²) in [5, 5.41) is 6.13. The molecule has 0 atom stereocenters. The summed E-state index contributed by atoms with van der Waals surface area (Å²) in [5.41, 5.74) is 2.92. The smallest absolute Gasteiger partial charge is 0.243 e. The fraction of sp³-hybridized carbons (Fsp3) is 0.409. The van der Waals surface area contributed by atoms with E-state index in [0.29, 0.717) is 11.8 Å². The van der Waals surface area contributed by atoms with E-state index in [1.807, 2.05) is 48.5 Å². The van der Waals surface area contributed by atoms with Crippen LogP contribution in [-0.4, -0.2) is 19.1 Å². The molecule has 4 nitrogen and oxygen atoms in total. The van der Waals surface area contributed by atoms with E-state index in [1.54, 1.807) is 0 Å². The standard InChI is InChI=1S/C22H30N2O2/c1-16(2)13-14-26-19-11-9-18(10-12-19)23-15-22(25)24-21-8-6-5-7-20(21)17(3)4/h5-12,16-17,23H,13-15H2,1-4H3,(H,24,25). The van der Waals surface area contributed by atoms with Gasteiger partial charge in [-0.3, -0.25) is 4.79 Å². The van der Waals surface area contributed by atoms with Crippen LogP contribution >= 0.6 is 0 Å². The molecule has 0 unspecified atom stereocenters. The Morgan fingerprint density at radius 1 is 1.00 bits per heavy atom. The van der Waals surface area contributed by atoms with Crippen molar-refractivity contribution in [2.24, 2.45) is 5.92 Å². The van der Waals surface area contributed by atoms with E-state index < -0.39 is 0 Å². The lowest BCUT2D eigenvalue weighted by Gasteiger charge is -2.14. The summed E-state index contributed by atoms with van der Waals surface area (Å²) in [6.45, 7) is 9.55. The predicted octanol–water partition coefficient (Wildman–Crippen LogP) is 5.29. The molecule has 0 radical (unpaired) electrons. The van der Waals surface area contributed by atoms with E-state index in [4.69, 9.17) is 4.74 Å². The molecule has 26 heavy (non-hydrogen) atoms. The van der Waals surface area contributed by atoms with Crippen molar-refractivity contribution in [1.82, 2.24) is 0 Å². The van der Waals surface area contributed by atoms with Crippen molar-refractivity contribution in [1.29, 1.82) is 0 Å². The van der Waals surface area contributed by atoms with Gasteiger partial charge in [0.2, 0.25) is 5.91 Å². The molecule has 0 aliphatic carbocycles. The normalized spacial score (nSPS) is 10.8. The zero-order valence-electron chi connectivity index (χ0n) is 16.2. The number of anilines is 2. The Kier molecular flexibility index (Phi) is 7.52. The highest BCUT2D eigenvalue weighted by atomic mass is 16.5. The average molecular weight is 354 g/mol. The maximum absolute atomic E-state index is 12.2. The molecule has 0 heterocycles. The van der Waals surface area contributed by atoms with Crippen molar-refractivity contribution in [2.75, 3.05) is 23.8 Å². The maximum atomic E-state index is 12.2. The molecule has 1 amide bonds. The van der Waals surface area contributed by atoms with E-state index >= 15 is 0 Å². The Morgan fingerprint density at radius 3 is 2.35 bits per heavy atom. The molecule has 0 saturated heterocycles. The Morgan fingerprint density at radius 2 is 1.69 bits per heavy atom. The van der Waals surface area contributed by atoms with E-state index in [2.05, 4.69) is 38.3 Å². The van der Waals surface area contributed by atoms with E-state index in [1.165, 1.54) is 0 Å². The second-order valence-corrected chi connectivity index (χ2v) is 7.20. The van der Waals surface area contributed by atoms with Crippen LogP contribution in [0.5, 0.6) is 5.75 Å². The summed E-state index contributed by atoms with van der Waals surface area (Å²) in [4.78, 5) is 12.2. The third kappa shape index (κ3) is 6.43. The van der Waals surface area contributed by atoms with Crippen LogP contribution in [0.1, 0.15) is 45.6 Å². The van der Waals surface area contributed by atoms with Crippen LogP contribution in [0.15, 0.2) is 48.5 Å². The molecule has 0 bridgehead atoms. The van der Waals surface area contributed by atoms with Crippen LogP contribution in [0.3, 0.4) is 0 Å². The molecule has 0 aromatic heterocycles. The number of carbonyl (C=O) groups is 1. The van der Waals surface area contributed by atoms with Gasteiger partial charge in [-0.2, -0.15) is 0 Å². The zero-order valence-corrected chi connectivity index (χ0v) is 16.2. The van der Waals surface area contributed by atoms with Crippen molar-refractivity contribution in [2.45, 2.75) is 40.0 Å². The molecule has 2 aromatic carbocycles. The second-order valence-electron chi connectivity index (χ2n) is 7.20. The summed E-state index contributed by atoms with van der Waals surface area (Å²) in [7, 11) is 0. The number of carbonyl (C=O) groups excluding carboxylic acids is 1. The summed E-state index contributed by atoms with van der Waals surface area (Å²) in [6.07, 6.45) is 1.04. The molecule has 2 rings (SSSR count). The minimum atomic E-state index is -0.0599. The minimum Gasteiger partial charge on any atom is -0.494 e. The van der Waals surface area contributed by atoms with Crippen LogP contribution in [0.2, 0.25) is 0 Å². The number of benzene rings is 2. The van der Waals surface area contributed by atoms with Crippen LogP contribution in [0.4, 0.5) is 11.4 Å². The molecular formula is C22H30N2O2. The van der Waals surface area contributed by atoms with Crippen molar-refractivity contribution in [3.05, 3.63) is 54.1 Å². The Hall–Kier alpha value is -2.49. The molecule has 0 fully saturated rings. The average Bonchev–Trinajstić information content (AvgIpc) is 2.61. The number of nitrogens with one attached hydrogen (secondary N) is 2. The van der Waals surface area contributed by atoms with Gasteiger partial charge in [0.15, 0.2) is 0 Å². The SMILES string of the molecule is CC(C)CCOc1ccc(NCC(=O)Nc2ccccc2C(C)C)cc1. The van der Waals surface area contributed by atoms with Gasteiger partial charge in [0.05, 0.1) is 13.2 Å². The monoisotopic (exact) mass is 354 g/mol. The molecule has 0 spiro atoms. The third-order valence-electron chi connectivity index (χ3n) is 4.13. The van der Waals surface area contributed by atoms with Gasteiger partial charge in [-0.1, -0.05) is 45.9 Å². The highest BCUT2D eigenvalue weighted by Crippen LogP contribution is 2.23. The Labute approximate surface area is 157 Å². The first kappa shape index (κ1) is 19.8. The van der Waals surface area contributed by atoms with Gasteiger partial charge in [0.1, 0.15) is 5.75 Å². The van der Waals surface area contributed by atoms with Gasteiger partial charge in [-0.05, 0) is 54.2 Å². The number of hydrogen-bond donors (Lipinski definition) is 2. The number of hydrogen-bond acceptors (Lipinski definition) is 3. The molecule has 4 heteroatoms. The first-order chi connectivity index (χ1) is 12.5. The lowest BCUT2D eigenvalue weighted by atomic mass is 10.0. The maximum Gasteiger partial charge on any atom is 0.243 e. The molecule has 2 aromatic rings. The predicted molar refractivity (Wildman–Crippen MR) is 109 cm³/mol. The Balaban J connectivity index is 1.82. The molecule has 2 N–H and O–H groups in total. The number of ether oxygens (including phenoxy) is 1. The van der Waals surface area contributed by atoms with Gasteiger partial charge >= 0.3 is 0 Å². The molecule has 0 aliphatic heterocycles. The molecule has 140 valence electrons. The Bertz CT molecular complexity index is 694. The van der Waals surface area contributed by atoms with Gasteiger partial charge in [-0.25, -0.2) is 0 Å². The first-order valence-electron chi connectivity index (χ1n) is 9.31. The van der Waals surface area contributed by atoms with Crippen LogP contribution < -0.4 is 15.4 Å². The van der Waals surface area contributed by atoms with E-state index in [0.717, 1.165) is 35.7 Å². The van der Waals surface area contributed by atoms with E-state index in [-0.39, 0.29) is 12.5 Å². The van der Waals surface area contributed by atoms with Crippen LogP contribution in [-0.2, 0) is 4.79 Å². The van der Waals surface area contributed by atoms with Crippen molar-refractivity contribution in [3.63, 3.8) is 0 Å². The van der Waals surface area contributed by atoms with Crippen LogP contribution in [0.25, 0.3) is 0 Å². The fourth-order valence-corrected chi connectivity index (χ4v) is 2.57. The topological polar surface area (TPSA) is 50.4 Å². The van der Waals surface area contributed by atoms with E-state index in [9.17, 15) is 4.79 Å². The summed E-state index contributed by atoms with van der Waals surface area (Å²) >= 11 is 0. The highest BCUT2D eigenvalue weighted by molar-refractivity contribution is 5.94. The second kappa shape index (κ2) is 9.85. The van der Waals surface area contributed by atoms with Gasteiger partial charge in [-0.15, -0.1) is 0 Å². The summed E-state index contributed by atoms with van der Waals surface area (Å²) < 4.78 is 5.70. The van der Waals surface area contributed by atoms with Crippen molar-refractivity contribution >= 4 is 17.3 Å². The summed E-state index contributed by atoms with van der Waals surface area (Å²) in [5.74, 6) is 1.79. The highest BCUT2D eigenvalue weighted by Gasteiger charge is 2.09. The molecule has 0 aliphatic rings. The third-order valence-corrected chi connectivity index (χ3v) is 4.13. The quantitative estimate of drug-likeness (QED) is 0.643. The summed E-state index contributed by atoms with van der Waals surface area (Å²) in [6, 6.07) is 15.6. The lowest BCUT2D eigenvalue weighted by Crippen LogP contribution is -2.22. The van der Waals surface area contributed by atoms with Crippen molar-refractivity contribution < 1.29 is 9.53 Å². The fourth-order valence-electron chi connectivity index (χ4n) is 2.57.